The number of carboxylic acid groups (broad SMARTS) is 1. The standard InChI is InChI=1S/C13H11NO5S/c15-13(16)11-4-3-9(8-12(11)14(17)18)19-6-5-10-2-1-7-20-10/h1-4,7-8H,5-6H2,(H,15,16). The van der Waals surface area contributed by atoms with Crippen LogP contribution < -0.4 is 4.74 Å². The summed E-state index contributed by atoms with van der Waals surface area (Å²) in [5, 5.41) is 21.7. The van der Waals surface area contributed by atoms with E-state index in [1.807, 2.05) is 17.5 Å². The fraction of sp³-hybridized carbons (Fsp3) is 0.154. The summed E-state index contributed by atoms with van der Waals surface area (Å²) in [4.78, 5) is 22.1. The molecule has 1 heterocycles. The van der Waals surface area contributed by atoms with Gasteiger partial charge in [0.1, 0.15) is 11.3 Å². The summed E-state index contributed by atoms with van der Waals surface area (Å²) in [5.41, 5.74) is -0.813. The van der Waals surface area contributed by atoms with Crippen LogP contribution in [0.4, 0.5) is 5.69 Å². The van der Waals surface area contributed by atoms with Crippen molar-refractivity contribution in [1.82, 2.24) is 0 Å². The van der Waals surface area contributed by atoms with Crippen LogP contribution in [0.2, 0.25) is 0 Å². The lowest BCUT2D eigenvalue weighted by molar-refractivity contribution is -0.385. The molecule has 7 heteroatoms. The minimum atomic E-state index is -1.33. The van der Waals surface area contributed by atoms with Crippen molar-refractivity contribution in [2.75, 3.05) is 6.61 Å². The van der Waals surface area contributed by atoms with Crippen molar-refractivity contribution in [3.8, 4) is 5.75 Å². The molecule has 0 aliphatic carbocycles. The Bertz CT molecular complexity index is 624. The van der Waals surface area contributed by atoms with E-state index in [2.05, 4.69) is 0 Å². The van der Waals surface area contributed by atoms with Crippen molar-refractivity contribution in [1.29, 1.82) is 0 Å². The van der Waals surface area contributed by atoms with Gasteiger partial charge < -0.3 is 9.84 Å². The Morgan fingerprint density at radius 2 is 2.20 bits per heavy atom. The Balaban J connectivity index is 2.07. The molecule has 0 unspecified atom stereocenters. The van der Waals surface area contributed by atoms with Gasteiger partial charge in [-0.3, -0.25) is 10.1 Å². The molecule has 0 aliphatic heterocycles. The van der Waals surface area contributed by atoms with Gasteiger partial charge in [-0.15, -0.1) is 11.3 Å². The van der Waals surface area contributed by atoms with Crippen molar-refractivity contribution in [3.05, 3.63) is 56.3 Å². The Labute approximate surface area is 118 Å². The summed E-state index contributed by atoms with van der Waals surface area (Å²) in [6, 6.07) is 7.65. The molecule has 0 bridgehead atoms. The van der Waals surface area contributed by atoms with Gasteiger partial charge in [0.15, 0.2) is 0 Å². The van der Waals surface area contributed by atoms with E-state index in [9.17, 15) is 14.9 Å². The smallest absolute Gasteiger partial charge is 0.342 e. The third kappa shape index (κ3) is 3.33. The normalized spacial score (nSPS) is 10.2. The van der Waals surface area contributed by atoms with Gasteiger partial charge in [0, 0.05) is 11.3 Å². The van der Waals surface area contributed by atoms with Crippen LogP contribution in [-0.4, -0.2) is 22.6 Å². The number of rotatable bonds is 6. The van der Waals surface area contributed by atoms with E-state index in [0.29, 0.717) is 18.8 Å². The molecule has 0 atom stereocenters. The quantitative estimate of drug-likeness (QED) is 0.653. The van der Waals surface area contributed by atoms with Gasteiger partial charge in [0.2, 0.25) is 0 Å². The summed E-state index contributed by atoms with van der Waals surface area (Å²) >= 11 is 1.61. The van der Waals surface area contributed by atoms with E-state index in [0.717, 1.165) is 10.9 Å². The van der Waals surface area contributed by atoms with E-state index in [1.165, 1.54) is 12.1 Å². The van der Waals surface area contributed by atoms with Crippen molar-refractivity contribution >= 4 is 23.0 Å². The molecule has 0 saturated carbocycles. The number of nitrogens with zero attached hydrogens (tertiary/aromatic N) is 1. The van der Waals surface area contributed by atoms with Gasteiger partial charge in [0.05, 0.1) is 17.6 Å². The predicted octanol–water partition coefficient (Wildman–Crippen LogP) is 2.98. The number of hydrogen-bond acceptors (Lipinski definition) is 5. The molecule has 0 aliphatic rings. The lowest BCUT2D eigenvalue weighted by Gasteiger charge is -2.06. The average Bonchev–Trinajstić information content (AvgIpc) is 2.91. The molecular weight excluding hydrogens is 282 g/mol. The number of nitro benzene ring substituents is 1. The van der Waals surface area contributed by atoms with E-state index in [-0.39, 0.29) is 5.56 Å². The lowest BCUT2D eigenvalue weighted by atomic mass is 10.2. The van der Waals surface area contributed by atoms with Gasteiger partial charge in [-0.25, -0.2) is 4.79 Å². The monoisotopic (exact) mass is 293 g/mol. The second kappa shape index (κ2) is 6.16. The Morgan fingerprint density at radius 3 is 2.80 bits per heavy atom. The summed E-state index contributed by atoms with van der Waals surface area (Å²) in [5.74, 6) is -1.04. The maximum Gasteiger partial charge on any atom is 0.342 e. The Kier molecular flexibility index (Phi) is 4.31. The highest BCUT2D eigenvalue weighted by molar-refractivity contribution is 7.09. The van der Waals surface area contributed by atoms with Crippen LogP contribution in [0.3, 0.4) is 0 Å². The van der Waals surface area contributed by atoms with Gasteiger partial charge in [-0.1, -0.05) is 6.07 Å². The molecule has 20 heavy (non-hydrogen) atoms. The zero-order chi connectivity index (χ0) is 14.5. The molecule has 104 valence electrons. The first-order valence-corrected chi connectivity index (χ1v) is 6.63. The number of nitro groups is 1. The van der Waals surface area contributed by atoms with Crippen LogP contribution in [-0.2, 0) is 6.42 Å². The maximum atomic E-state index is 10.9. The molecule has 2 aromatic rings. The molecular formula is C13H11NO5S. The fourth-order valence-corrected chi connectivity index (χ4v) is 2.35. The van der Waals surface area contributed by atoms with E-state index in [4.69, 9.17) is 9.84 Å². The van der Waals surface area contributed by atoms with Gasteiger partial charge in [-0.2, -0.15) is 0 Å². The van der Waals surface area contributed by atoms with Crippen LogP contribution in [0.1, 0.15) is 15.2 Å². The van der Waals surface area contributed by atoms with Crippen molar-refractivity contribution in [2.24, 2.45) is 0 Å². The molecule has 1 aromatic heterocycles. The minimum absolute atomic E-state index is 0.290. The first-order valence-electron chi connectivity index (χ1n) is 5.75. The molecule has 0 spiro atoms. The van der Waals surface area contributed by atoms with Crippen LogP contribution in [0.25, 0.3) is 0 Å². The van der Waals surface area contributed by atoms with Crippen molar-refractivity contribution in [3.63, 3.8) is 0 Å². The first kappa shape index (κ1) is 14.0. The number of thiophene rings is 1. The van der Waals surface area contributed by atoms with Crippen LogP contribution in [0.5, 0.6) is 5.75 Å². The van der Waals surface area contributed by atoms with Crippen LogP contribution in [0.15, 0.2) is 35.7 Å². The molecule has 0 radical (unpaired) electrons. The second-order valence-corrected chi connectivity index (χ2v) is 4.95. The first-order chi connectivity index (χ1) is 9.58. The molecule has 2 rings (SSSR count). The Hall–Kier alpha value is -2.41. The molecule has 0 amide bonds. The zero-order valence-corrected chi connectivity index (χ0v) is 11.1. The summed E-state index contributed by atoms with van der Waals surface area (Å²) in [6.45, 7) is 0.379. The predicted molar refractivity (Wildman–Crippen MR) is 73.6 cm³/mol. The van der Waals surface area contributed by atoms with Gasteiger partial charge >= 0.3 is 5.97 Å². The average molecular weight is 293 g/mol. The van der Waals surface area contributed by atoms with Crippen molar-refractivity contribution in [2.45, 2.75) is 6.42 Å². The third-order valence-electron chi connectivity index (χ3n) is 2.59. The highest BCUT2D eigenvalue weighted by Gasteiger charge is 2.20. The van der Waals surface area contributed by atoms with Gasteiger partial charge in [0.25, 0.3) is 5.69 Å². The van der Waals surface area contributed by atoms with Gasteiger partial charge in [-0.05, 0) is 23.6 Å². The minimum Gasteiger partial charge on any atom is -0.493 e. The zero-order valence-electron chi connectivity index (χ0n) is 10.3. The fourth-order valence-electron chi connectivity index (χ4n) is 1.66. The molecule has 1 N–H and O–H groups in total. The summed E-state index contributed by atoms with van der Waals surface area (Å²) in [6.07, 6.45) is 0.701. The second-order valence-electron chi connectivity index (χ2n) is 3.92. The highest BCUT2D eigenvalue weighted by Crippen LogP contribution is 2.25. The Morgan fingerprint density at radius 1 is 1.40 bits per heavy atom. The largest absolute Gasteiger partial charge is 0.493 e. The number of aromatic carboxylic acids is 1. The topological polar surface area (TPSA) is 89.7 Å². The third-order valence-corrected chi connectivity index (χ3v) is 3.53. The maximum absolute atomic E-state index is 10.9. The molecule has 0 saturated heterocycles. The molecule has 1 aromatic carbocycles. The lowest BCUT2D eigenvalue weighted by Crippen LogP contribution is -2.05. The number of carbonyl (C=O) groups is 1. The summed E-state index contributed by atoms with van der Waals surface area (Å²) in [7, 11) is 0. The van der Waals surface area contributed by atoms with E-state index < -0.39 is 16.6 Å². The number of benzene rings is 1. The van der Waals surface area contributed by atoms with Crippen LogP contribution >= 0.6 is 11.3 Å². The SMILES string of the molecule is O=C(O)c1ccc(OCCc2cccs2)cc1[N+](=O)[O-]. The highest BCUT2D eigenvalue weighted by atomic mass is 32.1. The number of hydrogen-bond donors (Lipinski definition) is 1. The summed E-state index contributed by atoms with van der Waals surface area (Å²) < 4.78 is 5.41. The van der Waals surface area contributed by atoms with Crippen molar-refractivity contribution < 1.29 is 19.6 Å². The van der Waals surface area contributed by atoms with E-state index in [1.54, 1.807) is 11.3 Å². The molecule has 0 fully saturated rings. The number of carboxylic acids is 1. The van der Waals surface area contributed by atoms with E-state index >= 15 is 0 Å². The van der Waals surface area contributed by atoms with Crippen LogP contribution in [0, 0.1) is 10.1 Å². The number of ether oxygens (including phenoxy) is 1. The molecule has 6 nitrogen and oxygen atoms in total.